The smallest absolute Gasteiger partial charge is 0.323 e. The first kappa shape index (κ1) is 36.0. The highest BCUT2D eigenvalue weighted by Gasteiger charge is 2.20. The number of phenols is 2. The minimum absolute atomic E-state index is 0.000346. The molecule has 6 aromatic rings. The van der Waals surface area contributed by atoms with Crippen LogP contribution in [0.2, 0.25) is 0 Å². The molecule has 0 spiro atoms. The summed E-state index contributed by atoms with van der Waals surface area (Å²) >= 11 is 0. The maximum absolute atomic E-state index is 12.9. The van der Waals surface area contributed by atoms with Crippen LogP contribution in [-0.2, 0) is 20.2 Å². The summed E-state index contributed by atoms with van der Waals surface area (Å²) in [5.74, 6) is -2.88. The Morgan fingerprint density at radius 3 is 1.51 bits per heavy atom. The van der Waals surface area contributed by atoms with Gasteiger partial charge in [0.1, 0.15) is 31.6 Å². The third kappa shape index (κ3) is 7.92. The number of nitrogens with one attached hydrogen (secondary N) is 2. The number of hydrogen-bond donors (Lipinski definition) is 4. The van der Waals surface area contributed by atoms with Gasteiger partial charge < -0.3 is 39.9 Å². The van der Waals surface area contributed by atoms with Gasteiger partial charge in [-0.1, -0.05) is 30.3 Å². The van der Waals surface area contributed by atoms with Crippen LogP contribution in [0.3, 0.4) is 0 Å². The Labute approximate surface area is 299 Å². The Hall–Kier alpha value is -6.80. The van der Waals surface area contributed by atoms with Crippen LogP contribution < -0.4 is 15.7 Å². The van der Waals surface area contributed by atoms with Gasteiger partial charge in [-0.2, -0.15) is 10.2 Å². The van der Waals surface area contributed by atoms with Crippen LogP contribution in [0, 0.1) is 0 Å². The monoisotopic (exact) mass is 753 g/mol. The molecule has 2 amide bonds. The van der Waals surface area contributed by atoms with Crippen molar-refractivity contribution >= 4 is 87.9 Å². The van der Waals surface area contributed by atoms with Crippen molar-refractivity contribution in [2.75, 3.05) is 10.6 Å². The molecule has 0 saturated carbocycles. The van der Waals surface area contributed by atoms with Crippen molar-refractivity contribution in [1.29, 1.82) is 0 Å². The summed E-state index contributed by atoms with van der Waals surface area (Å²) in [5, 5.41) is 53.3. The molecule has 0 heterocycles. The van der Waals surface area contributed by atoms with E-state index in [1.807, 2.05) is 0 Å². The fourth-order valence-electron chi connectivity index (χ4n) is 5.13. The molecule has 6 aromatic carbocycles. The fraction of sp³-hybridized carbons (Fsp3) is 0. The van der Waals surface area contributed by atoms with Gasteiger partial charge in [0.2, 0.25) is 0 Å². The molecule has 0 bridgehead atoms. The summed E-state index contributed by atoms with van der Waals surface area (Å²) in [5.41, 5.74) is -1.05. The Kier molecular flexibility index (Phi) is 9.56. The van der Waals surface area contributed by atoms with Gasteiger partial charge >= 0.3 is 6.03 Å². The molecule has 0 aliphatic rings. The van der Waals surface area contributed by atoms with Gasteiger partial charge in [-0.3, -0.25) is 0 Å². The lowest BCUT2D eigenvalue weighted by Crippen LogP contribution is -2.21. The van der Waals surface area contributed by atoms with E-state index in [1.165, 1.54) is 54.6 Å². The third-order valence-electron chi connectivity index (χ3n) is 7.53. The summed E-state index contributed by atoms with van der Waals surface area (Å²) in [6.45, 7) is 0. The molecule has 4 N–H and O–H groups in total. The van der Waals surface area contributed by atoms with E-state index in [1.54, 1.807) is 30.3 Å². The summed E-state index contributed by atoms with van der Waals surface area (Å²) in [6.07, 6.45) is 0. The minimum atomic E-state index is -5.26. The van der Waals surface area contributed by atoms with Crippen molar-refractivity contribution in [3.8, 4) is 11.5 Å². The molecule has 6 rings (SSSR count). The molecule has 268 valence electrons. The number of amides is 2. The van der Waals surface area contributed by atoms with Gasteiger partial charge in [-0.25, -0.2) is 21.6 Å². The highest BCUT2D eigenvalue weighted by Crippen LogP contribution is 2.43. The average Bonchev–Trinajstić information content (AvgIpc) is 3.10. The van der Waals surface area contributed by atoms with E-state index in [0.717, 1.165) is 18.2 Å². The molecule has 0 aliphatic heterocycles. The molecule has 19 heteroatoms. The zero-order chi connectivity index (χ0) is 38.1. The largest absolute Gasteiger partial charge is 0.744 e. The minimum Gasteiger partial charge on any atom is -0.744 e. The molecule has 0 atom stereocenters. The van der Waals surface area contributed by atoms with Crippen LogP contribution in [-0.4, -0.2) is 48.2 Å². The predicted octanol–water partition coefficient (Wildman–Crippen LogP) is 6.05. The van der Waals surface area contributed by atoms with Gasteiger partial charge in [-0.05, 0) is 89.1 Å². The number of anilines is 2. The molecule has 17 nitrogen and oxygen atoms in total. The molecule has 0 radical (unpaired) electrons. The van der Waals surface area contributed by atoms with E-state index in [2.05, 4.69) is 31.1 Å². The van der Waals surface area contributed by atoms with Gasteiger partial charge in [0, 0.05) is 22.1 Å². The molecule has 0 fully saturated rings. The predicted molar refractivity (Wildman–Crippen MR) is 185 cm³/mol. The highest BCUT2D eigenvalue weighted by atomic mass is 32.2. The van der Waals surface area contributed by atoms with E-state index in [0.29, 0.717) is 5.69 Å². The summed E-state index contributed by atoms with van der Waals surface area (Å²) in [7, 11) is -10.4. The van der Waals surface area contributed by atoms with Crippen LogP contribution in [0.5, 0.6) is 11.5 Å². The van der Waals surface area contributed by atoms with E-state index >= 15 is 0 Å². The topological polar surface area (TPSA) is 286 Å². The van der Waals surface area contributed by atoms with Crippen LogP contribution in [0.25, 0.3) is 21.5 Å². The number of benzene rings is 6. The Bertz CT molecular complexity index is 2760. The number of carboxylic acid groups (broad SMARTS) is 1. The number of hydrogen-bond acceptors (Lipinski definition) is 15. The zero-order valence-electron chi connectivity index (χ0n) is 26.5. The molecule has 0 saturated heterocycles. The van der Waals surface area contributed by atoms with E-state index < -0.39 is 64.9 Å². The van der Waals surface area contributed by atoms with Gasteiger partial charge in [0.05, 0.1) is 27.1 Å². The lowest BCUT2D eigenvalue weighted by molar-refractivity contribution is -0.255. The normalized spacial score (nSPS) is 12.1. The highest BCUT2D eigenvalue weighted by molar-refractivity contribution is 7.86. The number of azo groups is 2. The number of phenolic OH excluding ortho intramolecular Hbond substituents is 2. The van der Waals surface area contributed by atoms with Crippen LogP contribution in [0.15, 0.2) is 133 Å². The first-order valence-corrected chi connectivity index (χ1v) is 17.7. The standard InChI is InChI=1S/C34H24N6O11S2/c41-31-25-11-9-22(14-19(25)16-27(52(46,47)48)29(31)39-37-21-6-2-1-3-7-21)35-34(45)36-23-10-12-26-20(15-23)17-28(53(49,50)51)30(32(26)42)40-38-24-8-4-5-18(13-24)33(43)44/h1-17,41-42H,(H,43,44)(H2,35,36,45)(H,46,47,48)(H,49,50,51)/p-3. The van der Waals surface area contributed by atoms with Crippen molar-refractivity contribution in [2.24, 2.45) is 20.5 Å². The molecule has 0 aliphatic carbocycles. The first-order valence-electron chi connectivity index (χ1n) is 14.9. The Morgan fingerprint density at radius 1 is 0.566 bits per heavy atom. The molecular weight excluding hydrogens is 733 g/mol. The summed E-state index contributed by atoms with van der Waals surface area (Å²) in [6, 6.07) is 22.1. The number of rotatable bonds is 9. The number of carbonyl (C=O) groups is 2. The Balaban J connectivity index is 1.27. The Morgan fingerprint density at radius 2 is 1.04 bits per heavy atom. The lowest BCUT2D eigenvalue weighted by atomic mass is 10.1. The maximum Gasteiger partial charge on any atom is 0.323 e. The quantitative estimate of drug-likeness (QED) is 0.0973. The molecule has 0 unspecified atom stereocenters. The molecular formula is C34H21N6O11S2-3. The number of carboxylic acids is 1. The number of carbonyl (C=O) groups excluding carboxylic acids is 2. The zero-order valence-corrected chi connectivity index (χ0v) is 28.1. The van der Waals surface area contributed by atoms with Crippen LogP contribution in [0.1, 0.15) is 10.4 Å². The number of aromatic hydroxyl groups is 2. The first-order chi connectivity index (χ1) is 25.1. The van der Waals surface area contributed by atoms with Gasteiger partial charge in [-0.15, -0.1) is 10.2 Å². The van der Waals surface area contributed by atoms with E-state index in [9.17, 15) is 50.8 Å². The van der Waals surface area contributed by atoms with E-state index in [-0.39, 0.29) is 44.2 Å². The average molecular weight is 754 g/mol. The maximum atomic E-state index is 12.9. The fourth-order valence-corrected chi connectivity index (χ4v) is 6.42. The summed E-state index contributed by atoms with van der Waals surface area (Å²) < 4.78 is 72.8. The van der Waals surface area contributed by atoms with Gasteiger partial charge in [0.15, 0.2) is 11.5 Å². The van der Waals surface area contributed by atoms with Crippen molar-refractivity contribution in [3.05, 3.63) is 109 Å². The third-order valence-corrected chi connectivity index (χ3v) is 9.23. The number of aromatic carboxylic acids is 1. The van der Waals surface area contributed by atoms with Crippen molar-refractivity contribution in [2.45, 2.75) is 9.79 Å². The van der Waals surface area contributed by atoms with Crippen LogP contribution >= 0.6 is 0 Å². The van der Waals surface area contributed by atoms with Crippen LogP contribution in [0.4, 0.5) is 38.9 Å². The second kappa shape index (κ2) is 14.1. The second-order valence-corrected chi connectivity index (χ2v) is 13.8. The molecule has 53 heavy (non-hydrogen) atoms. The van der Waals surface area contributed by atoms with Gasteiger partial charge in [0.25, 0.3) is 0 Å². The SMILES string of the molecule is O=C(Nc1ccc2c(O)c(N=Nc3ccccc3)c(S(=O)(=O)[O-])cc2c1)Nc1ccc2c(O)c(N=Nc3cccc(C(=O)[O-])c3)c(S(=O)(=O)[O-])cc2c1. The molecule has 0 aromatic heterocycles. The number of nitrogens with zero attached hydrogens (tertiary/aromatic N) is 4. The number of urea groups is 1. The number of fused-ring (bicyclic) bond motifs is 2. The van der Waals surface area contributed by atoms with E-state index in [4.69, 9.17) is 0 Å². The lowest BCUT2D eigenvalue weighted by Gasteiger charge is -2.15. The van der Waals surface area contributed by atoms with Crippen molar-refractivity contribution in [1.82, 2.24) is 0 Å². The second-order valence-electron chi connectivity index (χ2n) is 11.1. The summed E-state index contributed by atoms with van der Waals surface area (Å²) in [4.78, 5) is 22.3. The van der Waals surface area contributed by atoms with Crippen molar-refractivity contribution in [3.63, 3.8) is 0 Å². The van der Waals surface area contributed by atoms with Crippen molar-refractivity contribution < 1.29 is 50.8 Å².